The molecule has 1 fully saturated rings. The van der Waals surface area contributed by atoms with Gasteiger partial charge < -0.3 is 19.5 Å². The lowest BCUT2D eigenvalue weighted by Gasteiger charge is -2.26. The van der Waals surface area contributed by atoms with Gasteiger partial charge in [-0.3, -0.25) is 0 Å². The van der Waals surface area contributed by atoms with E-state index in [1.54, 1.807) is 24.3 Å². The van der Waals surface area contributed by atoms with Crippen LogP contribution >= 0.6 is 0 Å². The Hall–Kier alpha value is -1.59. The second-order valence-electron chi connectivity index (χ2n) is 5.44. The molecule has 1 heterocycles. The minimum atomic E-state index is -0.920. The molecule has 21 heavy (non-hydrogen) atoms. The molecule has 0 amide bonds. The molecule has 0 radical (unpaired) electrons. The maximum absolute atomic E-state index is 10.7. The van der Waals surface area contributed by atoms with Gasteiger partial charge in [0.25, 0.3) is 0 Å². The van der Waals surface area contributed by atoms with Gasteiger partial charge in [0, 0.05) is 19.2 Å². The van der Waals surface area contributed by atoms with Crippen LogP contribution in [0.2, 0.25) is 0 Å². The predicted octanol–water partition coefficient (Wildman–Crippen LogP) is 2.26. The van der Waals surface area contributed by atoms with E-state index in [-0.39, 0.29) is 5.56 Å². The van der Waals surface area contributed by atoms with Crippen LogP contribution in [0.15, 0.2) is 24.3 Å². The van der Waals surface area contributed by atoms with Crippen molar-refractivity contribution in [3.63, 3.8) is 0 Å². The number of hydrogen-bond donors (Lipinski definition) is 1. The zero-order valence-electron chi connectivity index (χ0n) is 12.6. The standard InChI is InChI=1S/C16H23NO4/c1-12-15(8-11-20-12)17(2)9-3-10-21-14-6-4-13(5-7-14)16(18)19/h4-7,12,15H,3,8-11H2,1-2H3,(H,18,19). The van der Waals surface area contributed by atoms with Crippen molar-refractivity contribution >= 4 is 5.97 Å². The molecule has 5 nitrogen and oxygen atoms in total. The van der Waals surface area contributed by atoms with E-state index in [9.17, 15) is 4.79 Å². The molecule has 1 aliphatic heterocycles. The molecular formula is C16H23NO4. The average molecular weight is 293 g/mol. The summed E-state index contributed by atoms with van der Waals surface area (Å²) in [5, 5.41) is 8.82. The highest BCUT2D eigenvalue weighted by molar-refractivity contribution is 5.87. The number of benzene rings is 1. The average Bonchev–Trinajstić information content (AvgIpc) is 2.90. The van der Waals surface area contributed by atoms with E-state index >= 15 is 0 Å². The van der Waals surface area contributed by atoms with Gasteiger partial charge in [0.15, 0.2) is 0 Å². The molecule has 1 N–H and O–H groups in total. The molecule has 0 saturated carbocycles. The molecule has 1 aliphatic rings. The third-order valence-electron chi connectivity index (χ3n) is 3.93. The van der Waals surface area contributed by atoms with Crippen molar-refractivity contribution in [3.8, 4) is 5.75 Å². The van der Waals surface area contributed by atoms with Crippen molar-refractivity contribution in [3.05, 3.63) is 29.8 Å². The molecule has 0 aromatic heterocycles. The molecule has 0 spiro atoms. The molecule has 0 aliphatic carbocycles. The first kappa shape index (κ1) is 15.8. The Morgan fingerprint density at radius 1 is 1.43 bits per heavy atom. The van der Waals surface area contributed by atoms with Gasteiger partial charge in [-0.25, -0.2) is 4.79 Å². The van der Waals surface area contributed by atoms with Crippen LogP contribution in [0.3, 0.4) is 0 Å². The fraction of sp³-hybridized carbons (Fsp3) is 0.562. The molecule has 1 aromatic carbocycles. The maximum Gasteiger partial charge on any atom is 0.335 e. The van der Waals surface area contributed by atoms with Gasteiger partial charge >= 0.3 is 5.97 Å². The van der Waals surface area contributed by atoms with Crippen LogP contribution in [0.1, 0.15) is 30.1 Å². The minimum absolute atomic E-state index is 0.275. The zero-order chi connectivity index (χ0) is 15.2. The topological polar surface area (TPSA) is 59.0 Å². The second kappa shape index (κ2) is 7.43. The quantitative estimate of drug-likeness (QED) is 0.781. The summed E-state index contributed by atoms with van der Waals surface area (Å²) in [5.41, 5.74) is 0.275. The number of rotatable bonds is 7. The first-order valence-corrected chi connectivity index (χ1v) is 7.36. The van der Waals surface area contributed by atoms with E-state index in [4.69, 9.17) is 14.6 Å². The Morgan fingerprint density at radius 3 is 2.71 bits per heavy atom. The van der Waals surface area contributed by atoms with Gasteiger partial charge in [-0.1, -0.05) is 0 Å². The largest absolute Gasteiger partial charge is 0.494 e. The van der Waals surface area contributed by atoms with Crippen molar-refractivity contribution in [1.29, 1.82) is 0 Å². The molecule has 5 heteroatoms. The van der Waals surface area contributed by atoms with Gasteiger partial charge in [-0.2, -0.15) is 0 Å². The van der Waals surface area contributed by atoms with E-state index in [1.807, 2.05) is 0 Å². The van der Waals surface area contributed by atoms with Crippen LogP contribution in [-0.4, -0.2) is 54.9 Å². The van der Waals surface area contributed by atoms with Crippen LogP contribution < -0.4 is 4.74 Å². The highest BCUT2D eigenvalue weighted by Crippen LogP contribution is 2.18. The van der Waals surface area contributed by atoms with Gasteiger partial charge in [0.2, 0.25) is 0 Å². The fourth-order valence-electron chi connectivity index (χ4n) is 2.66. The summed E-state index contributed by atoms with van der Waals surface area (Å²) in [6, 6.07) is 7.00. The Bertz CT molecular complexity index is 460. The smallest absolute Gasteiger partial charge is 0.335 e. The van der Waals surface area contributed by atoms with E-state index in [1.165, 1.54) is 0 Å². The number of likely N-dealkylation sites (N-methyl/N-ethyl adjacent to an activating group) is 1. The van der Waals surface area contributed by atoms with E-state index in [0.717, 1.165) is 26.0 Å². The Labute approximate surface area is 125 Å². The van der Waals surface area contributed by atoms with Gasteiger partial charge in [0.05, 0.1) is 18.3 Å². The van der Waals surface area contributed by atoms with Crippen LogP contribution in [0, 0.1) is 0 Å². The van der Waals surface area contributed by atoms with Crippen LogP contribution in [-0.2, 0) is 4.74 Å². The minimum Gasteiger partial charge on any atom is -0.494 e. The number of nitrogens with zero attached hydrogens (tertiary/aromatic N) is 1. The summed E-state index contributed by atoms with van der Waals surface area (Å²) in [4.78, 5) is 13.1. The summed E-state index contributed by atoms with van der Waals surface area (Å²) < 4.78 is 11.2. The van der Waals surface area contributed by atoms with Crippen molar-refractivity contribution in [2.75, 3.05) is 26.8 Å². The highest BCUT2D eigenvalue weighted by Gasteiger charge is 2.27. The monoisotopic (exact) mass is 293 g/mol. The van der Waals surface area contributed by atoms with Crippen LogP contribution in [0.25, 0.3) is 0 Å². The van der Waals surface area contributed by atoms with Gasteiger partial charge in [-0.15, -0.1) is 0 Å². The lowest BCUT2D eigenvalue weighted by atomic mass is 10.1. The zero-order valence-corrected chi connectivity index (χ0v) is 12.6. The number of hydrogen-bond acceptors (Lipinski definition) is 4. The lowest BCUT2D eigenvalue weighted by Crippen LogP contribution is -2.37. The SMILES string of the molecule is CC1OCCC1N(C)CCCOc1ccc(C(=O)O)cc1. The highest BCUT2D eigenvalue weighted by atomic mass is 16.5. The Kier molecular flexibility index (Phi) is 5.59. The third-order valence-corrected chi connectivity index (χ3v) is 3.93. The Morgan fingerprint density at radius 2 is 2.14 bits per heavy atom. The molecule has 2 unspecified atom stereocenters. The summed E-state index contributed by atoms with van der Waals surface area (Å²) in [7, 11) is 2.12. The molecule has 2 atom stereocenters. The number of ether oxygens (including phenoxy) is 2. The van der Waals surface area contributed by atoms with Crippen molar-refractivity contribution in [1.82, 2.24) is 4.90 Å². The first-order valence-electron chi connectivity index (χ1n) is 7.36. The van der Waals surface area contributed by atoms with Gasteiger partial charge in [-0.05, 0) is 51.1 Å². The number of carboxylic acids is 1. The number of aromatic carboxylic acids is 1. The summed E-state index contributed by atoms with van der Waals surface area (Å²) in [6.07, 6.45) is 2.33. The first-order chi connectivity index (χ1) is 10.1. The van der Waals surface area contributed by atoms with Crippen molar-refractivity contribution in [2.24, 2.45) is 0 Å². The Balaban J connectivity index is 1.68. The van der Waals surface area contributed by atoms with Crippen molar-refractivity contribution < 1.29 is 19.4 Å². The van der Waals surface area contributed by atoms with Gasteiger partial charge in [0.1, 0.15) is 5.75 Å². The van der Waals surface area contributed by atoms with E-state index in [2.05, 4.69) is 18.9 Å². The molecule has 2 rings (SSSR count). The van der Waals surface area contributed by atoms with Crippen LogP contribution in [0.4, 0.5) is 0 Å². The van der Waals surface area contributed by atoms with Crippen molar-refractivity contribution in [2.45, 2.75) is 31.9 Å². The molecule has 1 aromatic rings. The van der Waals surface area contributed by atoms with E-state index < -0.39 is 5.97 Å². The summed E-state index contributed by atoms with van der Waals surface area (Å²) >= 11 is 0. The normalized spacial score (nSPS) is 21.7. The molecule has 0 bridgehead atoms. The molecule has 116 valence electrons. The fourth-order valence-corrected chi connectivity index (χ4v) is 2.66. The number of carboxylic acid groups (broad SMARTS) is 1. The molecule has 1 saturated heterocycles. The number of carbonyl (C=O) groups is 1. The maximum atomic E-state index is 10.7. The second-order valence-corrected chi connectivity index (χ2v) is 5.44. The van der Waals surface area contributed by atoms with E-state index in [0.29, 0.717) is 24.5 Å². The lowest BCUT2D eigenvalue weighted by molar-refractivity contribution is 0.0696. The van der Waals surface area contributed by atoms with Crippen LogP contribution in [0.5, 0.6) is 5.75 Å². The third kappa shape index (κ3) is 4.44. The summed E-state index contributed by atoms with van der Waals surface area (Å²) in [5.74, 6) is -0.212. The summed E-state index contributed by atoms with van der Waals surface area (Å²) in [6.45, 7) is 4.56. The predicted molar refractivity (Wildman–Crippen MR) is 80.0 cm³/mol. The molecular weight excluding hydrogens is 270 g/mol.